The topological polar surface area (TPSA) is 291 Å². The second kappa shape index (κ2) is 39.9. The molecule has 5 N–H and O–H groups in total. The second-order valence-electron chi connectivity index (χ2n) is 21.8. The Balaban J connectivity index is 1.39. The number of nitrogens with one attached hydrogen (secondary N) is 1. The van der Waals surface area contributed by atoms with Crippen LogP contribution >= 0.6 is 0 Å². The maximum atomic E-state index is 12.6. The van der Waals surface area contributed by atoms with E-state index >= 15 is 0 Å². The van der Waals surface area contributed by atoms with Gasteiger partial charge in [-0.25, -0.2) is 0 Å². The quantitative estimate of drug-likeness (QED) is 0.0291. The molecular weight excluding hydrogens is 1030 g/mol. The van der Waals surface area contributed by atoms with Crippen LogP contribution in [0.4, 0.5) is 0 Å². The first kappa shape index (κ1) is 69.8. The number of carbonyl (C=O) groups is 6. The molecule has 14 atom stereocenters. The number of carbonyl (C=O) groups excluding carboxylic acids is 6. The van der Waals surface area contributed by atoms with Gasteiger partial charge in [0, 0.05) is 53.5 Å². The minimum absolute atomic E-state index is 0.170. The molecule has 3 heterocycles. The summed E-state index contributed by atoms with van der Waals surface area (Å²) in [5.74, 6) is -2.35. The SMILES string of the molecule is CCCCCC(OC1OCC(OC2OCC(O)C(OC3OCC(OC(C)=O)C(OC(C)=O)C3OC(C)=O)C2O)C(O)C1O)C(CCCCCCCC(=O)CCCCCCCCCCCCC(=O)NCCCCN(C)C)OC(C)=O. The van der Waals surface area contributed by atoms with Gasteiger partial charge in [0.1, 0.15) is 48.5 Å². The van der Waals surface area contributed by atoms with Crippen molar-refractivity contribution < 1.29 is 96.6 Å². The Bertz CT molecular complexity index is 1740. The standard InChI is InChI=1S/C57H100N2O20/c1-8-9-21-30-45(44(73-38(2)60)31-24-19-16-18-23-29-42(64)28-22-17-14-12-10-11-13-15-20-25-32-48(66)58-33-26-27-34-59(6)7)77-55-50(68)49(67)46(36-71-55)78-56-51(69)52(43(65)35-70-56)79-57-54(76-41(5)63)53(75-40(4)62)47(37-72-57)74-39(3)61/h43-47,49-57,65,67-69H,8-37H2,1-7H3,(H,58,66). The Kier molecular flexibility index (Phi) is 35.3. The number of nitrogens with zero attached hydrogens (tertiary/aromatic N) is 1. The van der Waals surface area contributed by atoms with Crippen molar-refractivity contribution in [1.29, 1.82) is 0 Å². The molecule has 14 unspecified atom stereocenters. The highest BCUT2D eigenvalue weighted by atomic mass is 16.8. The number of esters is 4. The summed E-state index contributed by atoms with van der Waals surface area (Å²) in [4.78, 5) is 75.2. The van der Waals surface area contributed by atoms with Gasteiger partial charge in [-0.2, -0.15) is 0 Å². The van der Waals surface area contributed by atoms with Crippen LogP contribution < -0.4 is 5.32 Å². The number of aliphatic hydroxyl groups excluding tert-OH is 4. The fraction of sp³-hybridized carbons (Fsp3) is 0.895. The summed E-state index contributed by atoms with van der Waals surface area (Å²) in [6, 6.07) is 0. The molecule has 0 aromatic rings. The van der Waals surface area contributed by atoms with E-state index in [1.54, 1.807) is 0 Å². The number of unbranched alkanes of at least 4 members (excludes halogenated alkanes) is 16. The molecule has 22 nitrogen and oxygen atoms in total. The van der Waals surface area contributed by atoms with Crippen molar-refractivity contribution in [3.8, 4) is 0 Å². The zero-order valence-electron chi connectivity index (χ0n) is 48.6. The Morgan fingerprint density at radius 3 is 1.61 bits per heavy atom. The van der Waals surface area contributed by atoms with E-state index in [4.69, 9.17) is 47.4 Å². The number of hydrogen-bond donors (Lipinski definition) is 5. The zero-order valence-corrected chi connectivity index (χ0v) is 48.6. The van der Waals surface area contributed by atoms with Gasteiger partial charge in [0.25, 0.3) is 0 Å². The van der Waals surface area contributed by atoms with Gasteiger partial charge in [-0.15, -0.1) is 0 Å². The van der Waals surface area contributed by atoms with Crippen molar-refractivity contribution >= 4 is 35.6 Å². The smallest absolute Gasteiger partial charge is 0.303 e. The van der Waals surface area contributed by atoms with E-state index in [-0.39, 0.29) is 19.1 Å². The van der Waals surface area contributed by atoms with Crippen LogP contribution in [0.2, 0.25) is 0 Å². The van der Waals surface area contributed by atoms with Crippen molar-refractivity contribution in [3.63, 3.8) is 0 Å². The van der Waals surface area contributed by atoms with E-state index in [1.165, 1.54) is 39.0 Å². The lowest BCUT2D eigenvalue weighted by Crippen LogP contribution is -2.63. The first-order valence-electron chi connectivity index (χ1n) is 29.5. The maximum Gasteiger partial charge on any atom is 0.303 e. The first-order valence-corrected chi connectivity index (χ1v) is 29.5. The lowest BCUT2D eigenvalue weighted by Gasteiger charge is -2.45. The molecule has 3 fully saturated rings. The Morgan fingerprint density at radius 2 is 1.03 bits per heavy atom. The molecule has 0 aliphatic carbocycles. The molecule has 0 bridgehead atoms. The number of aliphatic hydroxyl groups is 4. The lowest BCUT2D eigenvalue weighted by atomic mass is 9.98. The van der Waals surface area contributed by atoms with E-state index in [2.05, 4.69) is 31.2 Å². The molecule has 0 aromatic carbocycles. The average Bonchev–Trinajstić information content (AvgIpc) is 3.40. The first-order chi connectivity index (χ1) is 37.8. The predicted molar refractivity (Wildman–Crippen MR) is 288 cm³/mol. The molecule has 0 aromatic heterocycles. The van der Waals surface area contributed by atoms with Gasteiger partial charge in [0.2, 0.25) is 5.91 Å². The fourth-order valence-corrected chi connectivity index (χ4v) is 10.1. The highest BCUT2D eigenvalue weighted by molar-refractivity contribution is 5.78. The number of ether oxygens (including phenoxy) is 10. The molecule has 0 spiro atoms. The number of Topliss-reactive ketones (excluding diaryl/α,β-unsaturated/α-hetero) is 1. The van der Waals surface area contributed by atoms with Crippen LogP contribution in [0.25, 0.3) is 0 Å². The van der Waals surface area contributed by atoms with Crippen molar-refractivity contribution in [2.24, 2.45) is 0 Å². The third-order valence-corrected chi connectivity index (χ3v) is 14.3. The van der Waals surface area contributed by atoms with Crippen LogP contribution in [0.15, 0.2) is 0 Å². The Morgan fingerprint density at radius 1 is 0.506 bits per heavy atom. The van der Waals surface area contributed by atoms with Crippen molar-refractivity contribution in [2.75, 3.05) is 47.0 Å². The van der Waals surface area contributed by atoms with Crippen LogP contribution in [0.1, 0.15) is 195 Å². The summed E-state index contributed by atoms with van der Waals surface area (Å²) in [7, 11) is 4.12. The fourth-order valence-electron chi connectivity index (χ4n) is 10.1. The summed E-state index contributed by atoms with van der Waals surface area (Å²) < 4.78 is 57.2. The molecule has 79 heavy (non-hydrogen) atoms. The monoisotopic (exact) mass is 1130 g/mol. The molecule has 3 saturated heterocycles. The molecular formula is C57H100N2O20. The largest absolute Gasteiger partial charge is 0.460 e. The molecule has 458 valence electrons. The van der Waals surface area contributed by atoms with Gasteiger partial charge in [-0.05, 0) is 72.0 Å². The van der Waals surface area contributed by atoms with Crippen LogP contribution in [0.5, 0.6) is 0 Å². The summed E-state index contributed by atoms with van der Waals surface area (Å²) in [5, 5.41) is 48.0. The van der Waals surface area contributed by atoms with Crippen molar-refractivity contribution in [2.45, 2.75) is 281 Å². The highest BCUT2D eigenvalue weighted by Crippen LogP contribution is 2.32. The Labute approximate surface area is 469 Å². The molecule has 3 aliphatic heterocycles. The molecule has 0 radical (unpaired) electrons. The summed E-state index contributed by atoms with van der Waals surface area (Å²) >= 11 is 0. The van der Waals surface area contributed by atoms with Gasteiger partial charge in [0.15, 0.2) is 37.2 Å². The molecule has 3 aliphatic rings. The second-order valence-corrected chi connectivity index (χ2v) is 21.8. The third kappa shape index (κ3) is 28.4. The van der Waals surface area contributed by atoms with Gasteiger partial charge >= 0.3 is 23.9 Å². The van der Waals surface area contributed by atoms with Crippen molar-refractivity contribution in [3.05, 3.63) is 0 Å². The maximum absolute atomic E-state index is 12.6. The summed E-state index contributed by atoms with van der Waals surface area (Å²) in [6.07, 6.45) is 3.63. The van der Waals surface area contributed by atoms with Gasteiger partial charge in [0.05, 0.1) is 25.9 Å². The normalized spacial score (nSPS) is 26.9. The van der Waals surface area contributed by atoms with Crippen LogP contribution in [0, 0.1) is 0 Å². The van der Waals surface area contributed by atoms with Gasteiger partial charge in [-0.1, -0.05) is 96.8 Å². The molecule has 1 amide bonds. The van der Waals surface area contributed by atoms with Crippen LogP contribution in [-0.2, 0) is 76.1 Å². The summed E-state index contributed by atoms with van der Waals surface area (Å²) in [6.45, 7) is 7.36. The average molecular weight is 1130 g/mol. The number of ketones is 1. The predicted octanol–water partition coefficient (Wildman–Crippen LogP) is 5.40. The molecule has 22 heteroatoms. The zero-order chi connectivity index (χ0) is 58.1. The van der Waals surface area contributed by atoms with Gasteiger partial charge < -0.3 is 78.0 Å². The molecule has 3 rings (SSSR count). The molecule has 0 saturated carbocycles. The van der Waals surface area contributed by atoms with E-state index in [0.717, 1.165) is 130 Å². The number of amides is 1. The van der Waals surface area contributed by atoms with Crippen LogP contribution in [-0.4, -0.2) is 194 Å². The summed E-state index contributed by atoms with van der Waals surface area (Å²) in [5.41, 5.74) is 0. The van der Waals surface area contributed by atoms with Crippen LogP contribution in [0.3, 0.4) is 0 Å². The number of rotatable bonds is 41. The van der Waals surface area contributed by atoms with E-state index in [0.29, 0.717) is 37.9 Å². The minimum atomic E-state index is -1.77. The third-order valence-electron chi connectivity index (χ3n) is 14.3. The van der Waals surface area contributed by atoms with E-state index in [1.807, 2.05) is 0 Å². The number of hydrogen-bond acceptors (Lipinski definition) is 21. The Hall–Kier alpha value is -3.42. The van der Waals surface area contributed by atoms with Gasteiger partial charge in [-0.3, -0.25) is 28.8 Å². The highest BCUT2D eigenvalue weighted by Gasteiger charge is 2.52. The van der Waals surface area contributed by atoms with E-state index in [9.17, 15) is 49.2 Å². The van der Waals surface area contributed by atoms with Crippen molar-refractivity contribution in [1.82, 2.24) is 10.2 Å². The van der Waals surface area contributed by atoms with E-state index < -0.39 is 116 Å². The lowest BCUT2D eigenvalue weighted by molar-refractivity contribution is -0.356. The minimum Gasteiger partial charge on any atom is -0.460 e.